The van der Waals surface area contributed by atoms with Crippen LogP contribution in [0.3, 0.4) is 0 Å². The zero-order valence-electron chi connectivity index (χ0n) is 12.5. The summed E-state index contributed by atoms with van der Waals surface area (Å²) < 4.78 is 26.0. The number of aryl methyl sites for hydroxylation is 2. The molecule has 1 aromatic heterocycles. The predicted octanol–water partition coefficient (Wildman–Crippen LogP) is 2.84. The molecule has 0 saturated carbocycles. The number of aromatic nitrogens is 1. The maximum atomic E-state index is 11.8. The van der Waals surface area contributed by atoms with Crippen molar-refractivity contribution in [2.45, 2.75) is 31.7 Å². The number of thiazole rings is 1. The molecule has 0 amide bonds. The fourth-order valence-corrected chi connectivity index (χ4v) is 3.84. The van der Waals surface area contributed by atoms with E-state index >= 15 is 0 Å². The minimum Gasteiger partial charge on any atom is -0.378 e. The van der Waals surface area contributed by atoms with E-state index in [0.29, 0.717) is 0 Å². The molecule has 0 aliphatic carbocycles. The van der Waals surface area contributed by atoms with Crippen LogP contribution in [0.5, 0.6) is 0 Å². The maximum Gasteiger partial charge on any atom is 0.240 e. The summed E-state index contributed by atoms with van der Waals surface area (Å²) in [4.78, 5) is 5.83. The van der Waals surface area contributed by atoms with Crippen LogP contribution in [0, 0.1) is 13.8 Å². The maximum absolute atomic E-state index is 11.8. The van der Waals surface area contributed by atoms with Crippen LogP contribution in [-0.4, -0.2) is 20.4 Å². The van der Waals surface area contributed by atoms with Crippen molar-refractivity contribution in [2.75, 3.05) is 12.4 Å². The lowest BCUT2D eigenvalue weighted by Gasteiger charge is -2.15. The quantitative estimate of drug-likeness (QED) is 0.887. The molecular formula is C14H19N3O2S2. The highest BCUT2D eigenvalue weighted by molar-refractivity contribution is 7.89. The first-order chi connectivity index (χ1) is 9.83. The topological polar surface area (TPSA) is 71.1 Å². The Kier molecular flexibility index (Phi) is 4.65. The largest absolute Gasteiger partial charge is 0.378 e. The molecule has 2 rings (SSSR count). The highest BCUT2D eigenvalue weighted by Crippen LogP contribution is 2.28. The van der Waals surface area contributed by atoms with Gasteiger partial charge in [0.05, 0.1) is 21.6 Å². The van der Waals surface area contributed by atoms with E-state index in [4.69, 9.17) is 0 Å². The summed E-state index contributed by atoms with van der Waals surface area (Å²) in [5.41, 5.74) is 1.78. The van der Waals surface area contributed by atoms with Crippen molar-refractivity contribution in [3.8, 4) is 0 Å². The van der Waals surface area contributed by atoms with E-state index < -0.39 is 10.0 Å². The molecule has 1 unspecified atom stereocenters. The number of hydrogen-bond acceptors (Lipinski definition) is 5. The average molecular weight is 325 g/mol. The zero-order chi connectivity index (χ0) is 15.6. The summed E-state index contributed by atoms with van der Waals surface area (Å²) in [5.74, 6) is 0. The molecule has 0 spiro atoms. The number of anilines is 1. The van der Waals surface area contributed by atoms with Crippen LogP contribution >= 0.6 is 11.3 Å². The summed E-state index contributed by atoms with van der Waals surface area (Å²) >= 11 is 1.65. The SMILES string of the molecule is CNS(=O)(=O)c1cccc(NC(C)c2sc(C)nc2C)c1. The average Bonchev–Trinajstić information content (AvgIpc) is 2.78. The van der Waals surface area contributed by atoms with Gasteiger partial charge in [-0.3, -0.25) is 0 Å². The molecule has 0 fully saturated rings. The predicted molar refractivity (Wildman–Crippen MR) is 86.3 cm³/mol. The standard InChI is InChI=1S/C14H19N3O2S2/c1-9-14(20-11(3)16-9)10(2)17-12-6-5-7-13(8-12)21(18,19)15-4/h5-8,10,15,17H,1-4H3. The molecule has 0 radical (unpaired) electrons. The van der Waals surface area contributed by atoms with Crippen molar-refractivity contribution >= 4 is 27.0 Å². The fraction of sp³-hybridized carbons (Fsp3) is 0.357. The molecule has 114 valence electrons. The lowest BCUT2D eigenvalue weighted by Crippen LogP contribution is -2.18. The van der Waals surface area contributed by atoms with Crippen LogP contribution in [0.15, 0.2) is 29.2 Å². The fourth-order valence-electron chi connectivity index (χ4n) is 2.14. The molecule has 1 aromatic carbocycles. The van der Waals surface area contributed by atoms with Crippen LogP contribution in [-0.2, 0) is 10.0 Å². The van der Waals surface area contributed by atoms with E-state index in [2.05, 4.69) is 15.0 Å². The first-order valence-electron chi connectivity index (χ1n) is 6.57. The van der Waals surface area contributed by atoms with Crippen molar-refractivity contribution in [1.29, 1.82) is 0 Å². The monoisotopic (exact) mass is 325 g/mol. The van der Waals surface area contributed by atoms with E-state index in [1.807, 2.05) is 26.8 Å². The van der Waals surface area contributed by atoms with Crippen molar-refractivity contribution in [3.05, 3.63) is 39.8 Å². The van der Waals surface area contributed by atoms with E-state index in [-0.39, 0.29) is 10.9 Å². The Labute approximate surface area is 129 Å². The Morgan fingerprint density at radius 1 is 1.29 bits per heavy atom. The van der Waals surface area contributed by atoms with Crippen LogP contribution in [0.4, 0.5) is 5.69 Å². The Balaban J connectivity index is 2.24. The van der Waals surface area contributed by atoms with Gasteiger partial charge in [-0.05, 0) is 46.0 Å². The van der Waals surface area contributed by atoms with Gasteiger partial charge >= 0.3 is 0 Å². The third kappa shape index (κ3) is 3.61. The van der Waals surface area contributed by atoms with Crippen molar-refractivity contribution in [1.82, 2.24) is 9.71 Å². The molecule has 0 aliphatic heterocycles. The summed E-state index contributed by atoms with van der Waals surface area (Å²) in [7, 11) is -2.02. The number of nitrogens with zero attached hydrogens (tertiary/aromatic N) is 1. The molecule has 21 heavy (non-hydrogen) atoms. The Bertz CT molecular complexity index is 738. The summed E-state index contributed by atoms with van der Waals surface area (Å²) in [6.45, 7) is 6.01. The van der Waals surface area contributed by atoms with Gasteiger partial charge in [0, 0.05) is 10.6 Å². The van der Waals surface area contributed by atoms with E-state index in [1.165, 1.54) is 7.05 Å². The Hall–Kier alpha value is -1.44. The number of sulfonamides is 1. The number of nitrogens with one attached hydrogen (secondary N) is 2. The number of benzene rings is 1. The molecule has 2 N–H and O–H groups in total. The van der Waals surface area contributed by atoms with Gasteiger partial charge in [0.15, 0.2) is 0 Å². The molecule has 1 heterocycles. The normalized spacial score (nSPS) is 13.1. The second kappa shape index (κ2) is 6.13. The second-order valence-electron chi connectivity index (χ2n) is 4.78. The highest BCUT2D eigenvalue weighted by Gasteiger charge is 2.15. The van der Waals surface area contributed by atoms with Gasteiger partial charge in [0.1, 0.15) is 0 Å². The highest BCUT2D eigenvalue weighted by atomic mass is 32.2. The number of hydrogen-bond donors (Lipinski definition) is 2. The summed E-state index contributed by atoms with van der Waals surface area (Å²) in [6, 6.07) is 6.86. The first kappa shape index (κ1) is 15.9. The lowest BCUT2D eigenvalue weighted by atomic mass is 10.2. The lowest BCUT2D eigenvalue weighted by molar-refractivity contribution is 0.588. The Morgan fingerprint density at radius 3 is 2.57 bits per heavy atom. The van der Waals surface area contributed by atoms with Gasteiger partial charge in [-0.2, -0.15) is 0 Å². The molecule has 7 heteroatoms. The van der Waals surface area contributed by atoms with E-state index in [1.54, 1.807) is 29.5 Å². The number of rotatable bonds is 5. The molecule has 0 aliphatic rings. The smallest absolute Gasteiger partial charge is 0.240 e. The van der Waals surface area contributed by atoms with Crippen molar-refractivity contribution < 1.29 is 8.42 Å². The molecular weight excluding hydrogens is 306 g/mol. The van der Waals surface area contributed by atoms with Crippen LogP contribution in [0.1, 0.15) is 28.5 Å². The zero-order valence-corrected chi connectivity index (χ0v) is 14.1. The molecule has 0 bridgehead atoms. The molecule has 2 aromatic rings. The minimum atomic E-state index is -3.42. The van der Waals surface area contributed by atoms with E-state index in [0.717, 1.165) is 21.3 Å². The van der Waals surface area contributed by atoms with Crippen LogP contribution < -0.4 is 10.0 Å². The first-order valence-corrected chi connectivity index (χ1v) is 8.87. The summed E-state index contributed by atoms with van der Waals surface area (Å²) in [5, 5.41) is 4.36. The van der Waals surface area contributed by atoms with E-state index in [9.17, 15) is 8.42 Å². The van der Waals surface area contributed by atoms with Crippen LogP contribution in [0.25, 0.3) is 0 Å². The second-order valence-corrected chi connectivity index (χ2v) is 7.91. The minimum absolute atomic E-state index is 0.0729. The molecule has 0 saturated heterocycles. The van der Waals surface area contributed by atoms with Crippen LogP contribution in [0.2, 0.25) is 0 Å². The summed E-state index contributed by atoms with van der Waals surface area (Å²) in [6.07, 6.45) is 0. The third-order valence-corrected chi connectivity index (χ3v) is 5.80. The van der Waals surface area contributed by atoms with Gasteiger partial charge in [-0.1, -0.05) is 6.07 Å². The molecule has 1 atom stereocenters. The third-order valence-electron chi connectivity index (χ3n) is 3.13. The van der Waals surface area contributed by atoms with Gasteiger partial charge in [-0.15, -0.1) is 11.3 Å². The van der Waals surface area contributed by atoms with Crippen molar-refractivity contribution in [2.24, 2.45) is 0 Å². The van der Waals surface area contributed by atoms with Gasteiger partial charge in [0.25, 0.3) is 0 Å². The van der Waals surface area contributed by atoms with Gasteiger partial charge < -0.3 is 5.32 Å². The Morgan fingerprint density at radius 2 is 2.00 bits per heavy atom. The van der Waals surface area contributed by atoms with Crippen molar-refractivity contribution in [3.63, 3.8) is 0 Å². The van der Waals surface area contributed by atoms with Gasteiger partial charge in [0.2, 0.25) is 10.0 Å². The molecule has 5 nitrogen and oxygen atoms in total. The van der Waals surface area contributed by atoms with Gasteiger partial charge in [-0.25, -0.2) is 18.1 Å².